The zero-order valence-corrected chi connectivity index (χ0v) is 26.0. The quantitative estimate of drug-likeness (QED) is 0.110. The molecule has 2 aromatic heterocycles. The van der Waals surface area contributed by atoms with Crippen LogP contribution in [0.3, 0.4) is 0 Å². The molecule has 12 heteroatoms. The van der Waals surface area contributed by atoms with Gasteiger partial charge in [-0.25, -0.2) is 14.5 Å². The highest BCUT2D eigenvalue weighted by Gasteiger charge is 2.18. The van der Waals surface area contributed by atoms with Gasteiger partial charge in [-0.05, 0) is 43.7 Å². The number of carbonyl (C=O) groups is 2. The van der Waals surface area contributed by atoms with E-state index in [1.165, 1.54) is 20.4 Å². The number of aromatic nitrogens is 3. The van der Waals surface area contributed by atoms with Crippen LogP contribution in [0.25, 0.3) is 5.69 Å². The summed E-state index contributed by atoms with van der Waals surface area (Å²) in [6, 6.07) is 17.7. The maximum absolute atomic E-state index is 13.1. The van der Waals surface area contributed by atoms with Crippen molar-refractivity contribution in [2.24, 2.45) is 0 Å². The number of anilines is 3. The summed E-state index contributed by atoms with van der Waals surface area (Å²) < 4.78 is 18.2. The number of hydrogen-bond donors (Lipinski definition) is 3. The lowest BCUT2D eigenvalue weighted by molar-refractivity contribution is -0.119. The second kappa shape index (κ2) is 14.6. The van der Waals surface area contributed by atoms with Crippen LogP contribution >= 0.6 is 22.6 Å². The third-order valence-electron chi connectivity index (χ3n) is 6.04. The highest BCUT2D eigenvalue weighted by atomic mass is 127. The number of aryl methyl sites for hydroxylation is 1. The smallest absolute Gasteiger partial charge is 0.324 e. The van der Waals surface area contributed by atoms with Gasteiger partial charge in [0.25, 0.3) is 5.91 Å². The lowest BCUT2D eigenvalue weighted by Gasteiger charge is -2.14. The number of halogens is 1. The molecule has 3 N–H and O–H groups in total. The molecule has 4 rings (SSSR count). The molecule has 2 aromatic carbocycles. The fraction of sp³-hybridized carbons (Fsp3) is 0.267. The molecule has 42 heavy (non-hydrogen) atoms. The molecule has 0 fully saturated rings. The van der Waals surface area contributed by atoms with E-state index in [4.69, 9.17) is 19.3 Å². The number of amides is 3. The molecule has 4 aromatic rings. The fourth-order valence-electron chi connectivity index (χ4n) is 4.02. The molecule has 0 spiro atoms. The zero-order valence-electron chi connectivity index (χ0n) is 23.8. The Bertz CT molecular complexity index is 1530. The van der Waals surface area contributed by atoms with Crippen molar-refractivity contribution in [1.29, 1.82) is 0 Å². The number of ether oxygens (including phenoxy) is 3. The summed E-state index contributed by atoms with van der Waals surface area (Å²) in [6.07, 6.45) is 3.53. The highest BCUT2D eigenvalue weighted by molar-refractivity contribution is 14.1. The van der Waals surface area contributed by atoms with Crippen molar-refractivity contribution in [3.8, 4) is 22.9 Å². The largest absolute Gasteiger partial charge is 0.494 e. The van der Waals surface area contributed by atoms with Crippen molar-refractivity contribution in [2.45, 2.75) is 30.6 Å². The van der Waals surface area contributed by atoms with Gasteiger partial charge in [0, 0.05) is 31.5 Å². The number of carbonyl (C=O) groups excluding carboxylic acids is 2. The number of hydrogen-bond acceptors (Lipinski definition) is 7. The van der Waals surface area contributed by atoms with E-state index in [1.54, 1.807) is 35.0 Å². The molecule has 2 heterocycles. The van der Waals surface area contributed by atoms with Gasteiger partial charge in [0.2, 0.25) is 0 Å². The number of nitrogens with zero attached hydrogens (tertiary/aromatic N) is 3. The van der Waals surface area contributed by atoms with Crippen LogP contribution in [-0.4, -0.2) is 47.5 Å². The molecule has 1 unspecified atom stereocenters. The van der Waals surface area contributed by atoms with Crippen molar-refractivity contribution in [3.63, 3.8) is 0 Å². The van der Waals surface area contributed by atoms with Gasteiger partial charge in [-0.2, -0.15) is 5.10 Å². The van der Waals surface area contributed by atoms with E-state index in [2.05, 4.69) is 50.4 Å². The Morgan fingerprint density at radius 3 is 2.45 bits per heavy atom. The minimum Gasteiger partial charge on any atom is -0.494 e. The van der Waals surface area contributed by atoms with Crippen LogP contribution in [0.5, 0.6) is 17.2 Å². The van der Waals surface area contributed by atoms with Crippen LogP contribution in [0, 0.1) is 6.92 Å². The number of methoxy groups -OCH3 is 2. The van der Waals surface area contributed by atoms with E-state index in [-0.39, 0.29) is 16.4 Å². The van der Waals surface area contributed by atoms with Gasteiger partial charge in [-0.15, -0.1) is 0 Å². The second-order valence-corrected chi connectivity index (χ2v) is 10.9. The molecule has 0 saturated heterocycles. The number of nitrogens with one attached hydrogen (secondary N) is 3. The summed E-state index contributed by atoms with van der Waals surface area (Å²) in [5, 5.41) is 13.2. The lowest BCUT2D eigenvalue weighted by Crippen LogP contribution is -2.21. The lowest BCUT2D eigenvalue weighted by atomic mass is 10.2. The third-order valence-corrected chi connectivity index (χ3v) is 7.30. The van der Waals surface area contributed by atoms with Gasteiger partial charge in [0.05, 0.1) is 28.1 Å². The highest BCUT2D eigenvalue weighted by Crippen LogP contribution is 2.33. The van der Waals surface area contributed by atoms with Crippen molar-refractivity contribution >= 4 is 51.9 Å². The first-order valence-electron chi connectivity index (χ1n) is 13.3. The van der Waals surface area contributed by atoms with Crippen molar-refractivity contribution < 1.29 is 23.8 Å². The molecule has 220 valence electrons. The topological polar surface area (TPSA) is 129 Å². The minimum absolute atomic E-state index is 0.0842. The Balaban J connectivity index is 1.49. The summed E-state index contributed by atoms with van der Waals surface area (Å²) in [7, 11) is 2.94. The first-order chi connectivity index (χ1) is 20.3. The molecule has 0 saturated carbocycles. The van der Waals surface area contributed by atoms with Crippen LogP contribution in [0.2, 0.25) is 0 Å². The first-order valence-corrected chi connectivity index (χ1v) is 14.5. The molecule has 1 atom stereocenters. The Hall–Kier alpha value is -4.17. The minimum atomic E-state index is -0.451. The van der Waals surface area contributed by atoms with Crippen LogP contribution in [0.4, 0.5) is 22.1 Å². The molecular formula is C30H33IN6O5. The van der Waals surface area contributed by atoms with Crippen molar-refractivity contribution in [2.75, 3.05) is 36.8 Å². The molecule has 3 amide bonds. The van der Waals surface area contributed by atoms with Crippen LogP contribution < -0.4 is 25.4 Å². The number of alkyl halides is 1. The standard InChI is InChI=1S/C30H33IN6O5/c1-5-6-23(31)25-17-28(37(36-25)20-9-7-19(2)8-10-20)35-30(39)33-24-12-11-21(15-26(24)41-4)42-22-13-14-32-27(16-22)34-29(38)18-40-3/h7-17,23H,5-6,18H2,1-4H3,(H,32,34,38)(H2,33,35,39). The maximum Gasteiger partial charge on any atom is 0.324 e. The van der Waals surface area contributed by atoms with Gasteiger partial charge in [0.15, 0.2) is 0 Å². The Morgan fingerprint density at radius 1 is 0.976 bits per heavy atom. The van der Waals surface area contributed by atoms with E-state index >= 15 is 0 Å². The van der Waals surface area contributed by atoms with Gasteiger partial charge in [-0.1, -0.05) is 53.6 Å². The first kappa shape index (κ1) is 30.8. The Labute approximate surface area is 258 Å². The summed E-state index contributed by atoms with van der Waals surface area (Å²) in [6.45, 7) is 4.07. The zero-order chi connectivity index (χ0) is 30.1. The monoisotopic (exact) mass is 684 g/mol. The fourth-order valence-corrected chi connectivity index (χ4v) is 4.95. The summed E-state index contributed by atoms with van der Waals surface area (Å²) in [5.74, 6) is 1.86. The van der Waals surface area contributed by atoms with Crippen LogP contribution in [-0.2, 0) is 9.53 Å². The predicted molar refractivity (Wildman–Crippen MR) is 170 cm³/mol. The molecular weight excluding hydrogens is 651 g/mol. The van der Waals surface area contributed by atoms with Crippen LogP contribution in [0.15, 0.2) is 66.9 Å². The molecule has 0 bridgehead atoms. The summed E-state index contributed by atoms with van der Waals surface area (Å²) >= 11 is 2.38. The molecule has 0 aliphatic heterocycles. The van der Waals surface area contributed by atoms with Gasteiger partial charge in [-0.3, -0.25) is 10.1 Å². The summed E-state index contributed by atoms with van der Waals surface area (Å²) in [5.41, 5.74) is 3.32. The molecule has 0 radical (unpaired) electrons. The van der Waals surface area contributed by atoms with Gasteiger partial charge < -0.3 is 24.8 Å². The second-order valence-electron chi connectivity index (χ2n) is 9.36. The van der Waals surface area contributed by atoms with E-state index < -0.39 is 6.03 Å². The molecule has 0 aliphatic rings. The Kier molecular flexibility index (Phi) is 10.7. The van der Waals surface area contributed by atoms with Crippen LogP contribution in [0.1, 0.15) is 34.9 Å². The van der Waals surface area contributed by atoms with E-state index in [9.17, 15) is 9.59 Å². The normalized spacial score (nSPS) is 11.5. The number of rotatable bonds is 12. The average Bonchev–Trinajstić information content (AvgIpc) is 3.38. The van der Waals surface area contributed by atoms with E-state index in [1.807, 2.05) is 37.3 Å². The summed E-state index contributed by atoms with van der Waals surface area (Å²) in [4.78, 5) is 29.0. The third kappa shape index (κ3) is 8.19. The van der Waals surface area contributed by atoms with Crippen molar-refractivity contribution in [1.82, 2.24) is 14.8 Å². The van der Waals surface area contributed by atoms with Crippen molar-refractivity contribution in [3.05, 3.63) is 78.1 Å². The predicted octanol–water partition coefficient (Wildman–Crippen LogP) is 6.88. The average molecular weight is 685 g/mol. The van der Waals surface area contributed by atoms with E-state index in [0.717, 1.165) is 29.8 Å². The van der Waals surface area contributed by atoms with Gasteiger partial charge >= 0.3 is 6.03 Å². The number of urea groups is 1. The maximum atomic E-state index is 13.1. The van der Waals surface area contributed by atoms with Gasteiger partial charge in [0.1, 0.15) is 35.5 Å². The Morgan fingerprint density at radius 2 is 1.74 bits per heavy atom. The molecule has 0 aliphatic carbocycles. The number of pyridine rings is 1. The number of benzene rings is 2. The molecule has 11 nitrogen and oxygen atoms in total. The van der Waals surface area contributed by atoms with E-state index in [0.29, 0.717) is 34.6 Å². The SMILES string of the molecule is CCCC(I)c1cc(NC(=O)Nc2ccc(Oc3ccnc(NC(=O)COC)c3)cc2OC)n(-c2ccc(C)cc2)n1.